The zero-order valence-electron chi connectivity index (χ0n) is 21.0. The van der Waals surface area contributed by atoms with Crippen LogP contribution < -0.4 is 5.32 Å². The number of fused-ring (bicyclic) bond motifs is 1. The molecule has 0 aliphatic rings. The zero-order valence-corrected chi connectivity index (χ0v) is 21.7. The van der Waals surface area contributed by atoms with Crippen LogP contribution in [0.4, 0.5) is 0 Å². The maximum atomic E-state index is 6.21. The molecule has 0 bridgehead atoms. The molecule has 0 spiro atoms. The Kier molecular flexibility index (Phi) is 8.02. The van der Waals surface area contributed by atoms with E-state index >= 15 is 0 Å². The van der Waals surface area contributed by atoms with Crippen molar-refractivity contribution in [2.45, 2.75) is 31.8 Å². The smallest absolute Gasteiger partial charge is 0.0406 e. The fourth-order valence-electron chi connectivity index (χ4n) is 4.71. The van der Waals surface area contributed by atoms with Gasteiger partial charge >= 0.3 is 0 Å². The standard InChI is InChI=1S/C35H30ClN/c1-26(37-25-30-17-18-31-9-5-6-10-33(31)23-30)35(32-19-21-34(36)22-20-32)24-29-15-13-28(14-16-29)12-11-27-7-3-2-4-8-27/h2-10,13-23,26,35,37H,24-25H2,1H3. The lowest BCUT2D eigenvalue weighted by Gasteiger charge is -2.26. The zero-order chi connectivity index (χ0) is 25.5. The van der Waals surface area contributed by atoms with E-state index in [9.17, 15) is 0 Å². The molecule has 0 saturated heterocycles. The van der Waals surface area contributed by atoms with Gasteiger partial charge in [-0.15, -0.1) is 0 Å². The van der Waals surface area contributed by atoms with Crippen LogP contribution in [0.2, 0.25) is 5.02 Å². The van der Waals surface area contributed by atoms with Gasteiger partial charge in [0.15, 0.2) is 0 Å². The van der Waals surface area contributed by atoms with Crippen molar-refractivity contribution in [3.05, 3.63) is 154 Å². The van der Waals surface area contributed by atoms with E-state index in [1.165, 1.54) is 27.5 Å². The summed E-state index contributed by atoms with van der Waals surface area (Å²) in [4.78, 5) is 0. The average molecular weight is 500 g/mol. The fourth-order valence-corrected chi connectivity index (χ4v) is 4.83. The predicted octanol–water partition coefficient (Wildman–Crippen LogP) is 8.40. The van der Waals surface area contributed by atoms with Crippen LogP contribution >= 0.6 is 11.6 Å². The molecule has 0 radical (unpaired) electrons. The quantitative estimate of drug-likeness (QED) is 0.222. The number of rotatable bonds is 7. The van der Waals surface area contributed by atoms with Gasteiger partial charge in [0.2, 0.25) is 0 Å². The van der Waals surface area contributed by atoms with Crippen molar-refractivity contribution in [2.24, 2.45) is 0 Å². The molecule has 182 valence electrons. The van der Waals surface area contributed by atoms with Crippen LogP contribution in [0, 0.1) is 11.8 Å². The summed E-state index contributed by atoms with van der Waals surface area (Å²) in [7, 11) is 0. The number of hydrogen-bond acceptors (Lipinski definition) is 1. The Morgan fingerprint density at radius 1 is 0.649 bits per heavy atom. The summed E-state index contributed by atoms with van der Waals surface area (Å²) in [5.41, 5.74) is 5.93. The van der Waals surface area contributed by atoms with Crippen LogP contribution in [0.5, 0.6) is 0 Å². The van der Waals surface area contributed by atoms with E-state index in [2.05, 4.69) is 103 Å². The molecule has 0 aliphatic carbocycles. The van der Waals surface area contributed by atoms with E-state index in [4.69, 9.17) is 11.6 Å². The first-order valence-electron chi connectivity index (χ1n) is 12.8. The topological polar surface area (TPSA) is 12.0 Å². The summed E-state index contributed by atoms with van der Waals surface area (Å²) < 4.78 is 0. The number of benzene rings is 5. The first kappa shape index (κ1) is 24.8. The molecule has 1 nitrogen and oxygen atoms in total. The lowest BCUT2D eigenvalue weighted by Crippen LogP contribution is -2.33. The van der Waals surface area contributed by atoms with Gasteiger partial charge < -0.3 is 5.32 Å². The maximum Gasteiger partial charge on any atom is 0.0406 e. The Balaban J connectivity index is 1.31. The van der Waals surface area contributed by atoms with Gasteiger partial charge in [-0.25, -0.2) is 0 Å². The highest BCUT2D eigenvalue weighted by Gasteiger charge is 2.20. The molecule has 0 fully saturated rings. The van der Waals surface area contributed by atoms with Crippen LogP contribution in [0.3, 0.4) is 0 Å². The van der Waals surface area contributed by atoms with Gasteiger partial charge in [0, 0.05) is 34.7 Å². The third-order valence-electron chi connectivity index (χ3n) is 6.88. The van der Waals surface area contributed by atoms with Gasteiger partial charge in [-0.3, -0.25) is 0 Å². The Morgan fingerprint density at radius 3 is 2.00 bits per heavy atom. The van der Waals surface area contributed by atoms with E-state index in [1.807, 2.05) is 42.5 Å². The van der Waals surface area contributed by atoms with Crippen molar-refractivity contribution in [3.8, 4) is 11.8 Å². The molecular formula is C35H30ClN. The molecule has 5 aromatic carbocycles. The fraction of sp³-hybridized carbons (Fsp3) is 0.143. The predicted molar refractivity (Wildman–Crippen MR) is 157 cm³/mol. The molecule has 0 aliphatic heterocycles. The third kappa shape index (κ3) is 6.69. The minimum Gasteiger partial charge on any atom is -0.310 e. The highest BCUT2D eigenvalue weighted by molar-refractivity contribution is 6.30. The molecule has 2 heteroatoms. The van der Waals surface area contributed by atoms with E-state index in [-0.39, 0.29) is 6.04 Å². The Labute approximate surface area is 225 Å². The Morgan fingerprint density at radius 2 is 1.27 bits per heavy atom. The lowest BCUT2D eigenvalue weighted by molar-refractivity contribution is 0.455. The molecule has 0 saturated carbocycles. The summed E-state index contributed by atoms with van der Waals surface area (Å²) in [6, 6.07) is 42.5. The Bertz CT molecular complexity index is 1510. The van der Waals surface area contributed by atoms with Gasteiger partial charge in [-0.1, -0.05) is 102 Å². The highest BCUT2D eigenvalue weighted by Crippen LogP contribution is 2.27. The number of nitrogens with one attached hydrogen (secondary N) is 1. The van der Waals surface area contributed by atoms with Crippen molar-refractivity contribution in [1.82, 2.24) is 5.32 Å². The van der Waals surface area contributed by atoms with Crippen LogP contribution in [-0.4, -0.2) is 6.04 Å². The van der Waals surface area contributed by atoms with Crippen molar-refractivity contribution < 1.29 is 0 Å². The molecule has 2 unspecified atom stereocenters. The third-order valence-corrected chi connectivity index (χ3v) is 7.13. The SMILES string of the molecule is CC(NCc1ccc2ccccc2c1)C(Cc1ccc(C#Cc2ccccc2)cc1)c1ccc(Cl)cc1. The van der Waals surface area contributed by atoms with Crippen LogP contribution in [0.25, 0.3) is 10.8 Å². The molecule has 1 N–H and O–H groups in total. The molecule has 2 atom stereocenters. The van der Waals surface area contributed by atoms with E-state index in [1.54, 1.807) is 0 Å². The minimum absolute atomic E-state index is 0.269. The van der Waals surface area contributed by atoms with Gasteiger partial charge in [-0.2, -0.15) is 0 Å². The average Bonchev–Trinajstić information content (AvgIpc) is 2.95. The van der Waals surface area contributed by atoms with Gasteiger partial charge in [0.05, 0.1) is 0 Å². The van der Waals surface area contributed by atoms with Crippen molar-refractivity contribution in [1.29, 1.82) is 0 Å². The molecule has 0 heterocycles. The second kappa shape index (κ2) is 11.9. The second-order valence-corrected chi connectivity index (χ2v) is 9.96. The summed E-state index contributed by atoms with van der Waals surface area (Å²) in [6.07, 6.45) is 0.930. The minimum atomic E-state index is 0.269. The number of hydrogen-bond donors (Lipinski definition) is 1. The molecule has 0 amide bonds. The van der Waals surface area contributed by atoms with Crippen LogP contribution in [-0.2, 0) is 13.0 Å². The Hall–Kier alpha value is -3.83. The van der Waals surface area contributed by atoms with Gasteiger partial charge in [0.1, 0.15) is 0 Å². The van der Waals surface area contributed by atoms with E-state index in [0.717, 1.165) is 29.1 Å². The molecule has 5 rings (SSSR count). The van der Waals surface area contributed by atoms with Crippen molar-refractivity contribution in [3.63, 3.8) is 0 Å². The molecule has 0 aromatic heterocycles. The van der Waals surface area contributed by atoms with Gasteiger partial charge in [-0.05, 0) is 83.3 Å². The van der Waals surface area contributed by atoms with Crippen LogP contribution in [0.15, 0.2) is 121 Å². The summed E-state index contributed by atoms with van der Waals surface area (Å²) in [5, 5.41) is 7.11. The summed E-state index contributed by atoms with van der Waals surface area (Å²) in [5.74, 6) is 6.82. The van der Waals surface area contributed by atoms with Crippen molar-refractivity contribution >= 4 is 22.4 Å². The normalized spacial score (nSPS) is 12.5. The number of halogens is 1. The highest BCUT2D eigenvalue weighted by atomic mass is 35.5. The van der Waals surface area contributed by atoms with E-state index < -0.39 is 0 Å². The molecule has 37 heavy (non-hydrogen) atoms. The van der Waals surface area contributed by atoms with Gasteiger partial charge in [0.25, 0.3) is 0 Å². The first-order valence-corrected chi connectivity index (χ1v) is 13.1. The molecule has 5 aromatic rings. The second-order valence-electron chi connectivity index (χ2n) is 9.53. The largest absolute Gasteiger partial charge is 0.310 e. The maximum absolute atomic E-state index is 6.21. The summed E-state index contributed by atoms with van der Waals surface area (Å²) >= 11 is 6.21. The summed E-state index contributed by atoms with van der Waals surface area (Å²) in [6.45, 7) is 3.10. The van der Waals surface area contributed by atoms with Crippen molar-refractivity contribution in [2.75, 3.05) is 0 Å². The molecular weight excluding hydrogens is 470 g/mol. The van der Waals surface area contributed by atoms with E-state index in [0.29, 0.717) is 5.92 Å². The monoisotopic (exact) mass is 499 g/mol. The lowest BCUT2D eigenvalue weighted by atomic mass is 9.86. The van der Waals surface area contributed by atoms with Crippen LogP contribution in [0.1, 0.15) is 40.7 Å². The first-order chi connectivity index (χ1) is 18.1.